The Balaban J connectivity index is 1.40. The van der Waals surface area contributed by atoms with Crippen molar-refractivity contribution in [2.24, 2.45) is 5.92 Å². The van der Waals surface area contributed by atoms with Gasteiger partial charge >= 0.3 is 0 Å². The molecule has 4 aromatic rings. The highest BCUT2D eigenvalue weighted by Gasteiger charge is 2.35. The van der Waals surface area contributed by atoms with Gasteiger partial charge in [0.15, 0.2) is 5.13 Å². The van der Waals surface area contributed by atoms with E-state index in [1.54, 1.807) is 23.4 Å². The van der Waals surface area contributed by atoms with Crippen molar-refractivity contribution in [2.75, 3.05) is 18.0 Å². The molecule has 0 bridgehead atoms. The Kier molecular flexibility index (Phi) is 7.15. The van der Waals surface area contributed by atoms with Gasteiger partial charge in [-0.1, -0.05) is 35.1 Å². The number of anilines is 1. The van der Waals surface area contributed by atoms with Crippen LogP contribution in [0.15, 0.2) is 53.0 Å². The number of carbonyl (C=O) groups is 1. The predicted molar refractivity (Wildman–Crippen MR) is 145 cm³/mol. The third-order valence-electron chi connectivity index (χ3n) is 6.58. The number of amides is 1. The minimum absolute atomic E-state index is 0.0384. The zero-order valence-corrected chi connectivity index (χ0v) is 23.1. The number of thiazole rings is 1. The Labute approximate surface area is 223 Å². The first kappa shape index (κ1) is 25.3. The van der Waals surface area contributed by atoms with Gasteiger partial charge in [-0.15, -0.1) is 11.3 Å². The highest BCUT2D eigenvalue weighted by Crippen LogP contribution is 2.35. The van der Waals surface area contributed by atoms with E-state index in [0.29, 0.717) is 28.9 Å². The first-order valence-corrected chi connectivity index (χ1v) is 15.0. The summed E-state index contributed by atoms with van der Waals surface area (Å²) in [6, 6.07) is 11.0. The van der Waals surface area contributed by atoms with Crippen LogP contribution in [0, 0.1) is 19.8 Å². The standard InChI is InChI=1S/C25H25ClN4O3S3/c1-16-5-6-20-23(17(16)2)28-25(34-20)30(15-18-4-3-11-27-14-18)24(31)19-9-12-29(13-10-19)36(32,33)22-8-7-21(26)35-22/h3-8,11,14,19H,9-10,12-13,15H2,1-2H3. The summed E-state index contributed by atoms with van der Waals surface area (Å²) >= 11 is 8.50. The normalized spacial score (nSPS) is 15.4. The molecule has 188 valence electrons. The number of pyridine rings is 1. The Bertz CT molecular complexity index is 1510. The van der Waals surface area contributed by atoms with Crippen LogP contribution in [0.5, 0.6) is 0 Å². The molecule has 0 saturated carbocycles. The Hall–Kier alpha value is -2.37. The zero-order chi connectivity index (χ0) is 25.4. The number of aromatic nitrogens is 2. The molecule has 1 saturated heterocycles. The third kappa shape index (κ3) is 4.92. The first-order valence-electron chi connectivity index (χ1n) is 11.6. The van der Waals surface area contributed by atoms with Crippen molar-refractivity contribution in [1.82, 2.24) is 14.3 Å². The number of benzene rings is 1. The van der Waals surface area contributed by atoms with E-state index in [4.69, 9.17) is 16.6 Å². The van der Waals surface area contributed by atoms with Gasteiger partial charge in [-0.25, -0.2) is 13.4 Å². The number of sulfonamides is 1. The van der Waals surface area contributed by atoms with E-state index >= 15 is 0 Å². The second-order valence-electron chi connectivity index (χ2n) is 8.87. The second kappa shape index (κ2) is 10.2. The molecule has 7 nitrogen and oxygen atoms in total. The number of hydrogen-bond donors (Lipinski definition) is 0. The summed E-state index contributed by atoms with van der Waals surface area (Å²) in [5, 5.41) is 0.649. The lowest BCUT2D eigenvalue weighted by Crippen LogP contribution is -2.44. The van der Waals surface area contributed by atoms with Crippen LogP contribution in [0.2, 0.25) is 4.34 Å². The van der Waals surface area contributed by atoms with Gasteiger partial charge < -0.3 is 0 Å². The molecule has 5 rings (SSSR count). The van der Waals surface area contributed by atoms with Gasteiger partial charge in [-0.2, -0.15) is 4.31 Å². The molecule has 0 spiro atoms. The van der Waals surface area contributed by atoms with Gasteiger partial charge in [0, 0.05) is 31.4 Å². The van der Waals surface area contributed by atoms with Gasteiger partial charge in [-0.05, 0) is 67.6 Å². The minimum Gasteiger partial charge on any atom is -0.283 e. The van der Waals surface area contributed by atoms with Crippen molar-refractivity contribution in [3.8, 4) is 0 Å². The predicted octanol–water partition coefficient (Wildman–Crippen LogP) is 5.66. The van der Waals surface area contributed by atoms with Crippen LogP contribution in [0.25, 0.3) is 10.2 Å². The molecule has 1 aliphatic rings. The van der Waals surface area contributed by atoms with Crippen molar-refractivity contribution in [3.63, 3.8) is 0 Å². The number of thiophene rings is 1. The van der Waals surface area contributed by atoms with E-state index in [2.05, 4.69) is 18.0 Å². The molecule has 1 amide bonds. The van der Waals surface area contributed by atoms with Gasteiger partial charge in [0.05, 0.1) is 21.1 Å². The summed E-state index contributed by atoms with van der Waals surface area (Å²) in [5.41, 5.74) is 4.09. The Morgan fingerprint density at radius 3 is 2.58 bits per heavy atom. The quantitative estimate of drug-likeness (QED) is 0.304. The van der Waals surface area contributed by atoms with Crippen molar-refractivity contribution in [1.29, 1.82) is 0 Å². The van der Waals surface area contributed by atoms with Crippen molar-refractivity contribution < 1.29 is 13.2 Å². The molecule has 4 heterocycles. The van der Waals surface area contributed by atoms with E-state index < -0.39 is 10.0 Å². The number of nitrogens with zero attached hydrogens (tertiary/aromatic N) is 4. The molecule has 11 heteroatoms. The number of halogens is 1. The van der Waals surface area contributed by atoms with Crippen LogP contribution in [0.4, 0.5) is 5.13 Å². The van der Waals surface area contributed by atoms with Crippen LogP contribution in [0.3, 0.4) is 0 Å². The fourth-order valence-corrected chi connectivity index (χ4v) is 8.51. The van der Waals surface area contributed by atoms with Crippen LogP contribution in [0.1, 0.15) is 29.5 Å². The van der Waals surface area contributed by atoms with E-state index in [0.717, 1.165) is 38.2 Å². The summed E-state index contributed by atoms with van der Waals surface area (Å²) in [4.78, 5) is 24.7. The topological polar surface area (TPSA) is 83.5 Å². The number of aryl methyl sites for hydroxylation is 2. The lowest BCUT2D eigenvalue weighted by atomic mass is 9.96. The molecule has 0 aliphatic carbocycles. The summed E-state index contributed by atoms with van der Waals surface area (Å²) in [6.45, 7) is 5.03. The van der Waals surface area contributed by atoms with Gasteiger partial charge in [0.1, 0.15) is 4.21 Å². The summed E-state index contributed by atoms with van der Waals surface area (Å²) in [7, 11) is -3.61. The largest absolute Gasteiger partial charge is 0.283 e. The van der Waals surface area contributed by atoms with Crippen molar-refractivity contribution in [3.05, 3.63) is 69.8 Å². The van der Waals surface area contributed by atoms with Crippen molar-refractivity contribution in [2.45, 2.75) is 37.4 Å². The number of carbonyl (C=O) groups excluding carboxylic acids is 1. The number of fused-ring (bicyclic) bond motifs is 1. The fraction of sp³-hybridized carbons (Fsp3) is 0.320. The van der Waals surface area contributed by atoms with Crippen LogP contribution in [-0.4, -0.2) is 41.7 Å². The van der Waals surface area contributed by atoms with Crippen LogP contribution in [-0.2, 0) is 21.4 Å². The Morgan fingerprint density at radius 2 is 1.92 bits per heavy atom. The van der Waals surface area contributed by atoms with E-state index in [9.17, 15) is 13.2 Å². The molecule has 1 fully saturated rings. The number of hydrogen-bond acceptors (Lipinski definition) is 7. The molecule has 36 heavy (non-hydrogen) atoms. The lowest BCUT2D eigenvalue weighted by molar-refractivity contribution is -0.123. The average molecular weight is 561 g/mol. The molecule has 1 aliphatic heterocycles. The molecule has 0 N–H and O–H groups in total. The average Bonchev–Trinajstić information content (AvgIpc) is 3.52. The first-order chi connectivity index (χ1) is 17.2. The lowest BCUT2D eigenvalue weighted by Gasteiger charge is -2.32. The third-order valence-corrected chi connectivity index (χ3v) is 11.2. The SMILES string of the molecule is Cc1ccc2sc(N(Cc3cccnc3)C(=O)C3CCN(S(=O)(=O)c4ccc(Cl)s4)CC3)nc2c1C. The molecule has 1 aromatic carbocycles. The molecule has 3 aromatic heterocycles. The maximum absolute atomic E-state index is 13.9. The summed E-state index contributed by atoms with van der Waals surface area (Å²) < 4.78 is 29.2. The maximum Gasteiger partial charge on any atom is 0.252 e. The monoisotopic (exact) mass is 560 g/mol. The van der Waals surface area contributed by atoms with Gasteiger partial charge in [-0.3, -0.25) is 14.7 Å². The maximum atomic E-state index is 13.9. The fourth-order valence-electron chi connectivity index (χ4n) is 4.37. The zero-order valence-electron chi connectivity index (χ0n) is 19.8. The highest BCUT2D eigenvalue weighted by atomic mass is 35.5. The minimum atomic E-state index is -3.61. The molecule has 0 atom stereocenters. The van der Waals surface area contributed by atoms with Gasteiger partial charge in [0.2, 0.25) is 5.91 Å². The van der Waals surface area contributed by atoms with Crippen molar-refractivity contribution >= 4 is 65.6 Å². The molecule has 0 radical (unpaired) electrons. The van der Waals surface area contributed by atoms with E-state index in [1.165, 1.54) is 21.7 Å². The van der Waals surface area contributed by atoms with Crippen LogP contribution < -0.4 is 4.90 Å². The summed E-state index contributed by atoms with van der Waals surface area (Å²) in [5.74, 6) is -0.335. The van der Waals surface area contributed by atoms with Crippen LogP contribution >= 0.6 is 34.3 Å². The van der Waals surface area contributed by atoms with E-state index in [-0.39, 0.29) is 29.1 Å². The second-order valence-corrected chi connectivity index (χ2v) is 13.8. The molecular formula is C25H25ClN4O3S3. The number of rotatable bonds is 6. The smallest absolute Gasteiger partial charge is 0.252 e. The van der Waals surface area contributed by atoms with E-state index in [1.807, 2.05) is 25.1 Å². The Morgan fingerprint density at radius 1 is 1.14 bits per heavy atom. The molecular weight excluding hydrogens is 536 g/mol. The molecule has 0 unspecified atom stereocenters. The summed E-state index contributed by atoms with van der Waals surface area (Å²) in [6.07, 6.45) is 4.36. The highest BCUT2D eigenvalue weighted by molar-refractivity contribution is 7.91. The number of piperidine rings is 1. The van der Waals surface area contributed by atoms with Gasteiger partial charge in [0.25, 0.3) is 10.0 Å².